The van der Waals surface area contributed by atoms with Crippen molar-refractivity contribution < 1.29 is 14.6 Å². The third-order valence-electron chi connectivity index (χ3n) is 3.16. The highest BCUT2D eigenvalue weighted by Crippen LogP contribution is 2.23. The van der Waals surface area contributed by atoms with Gasteiger partial charge in [0.15, 0.2) is 0 Å². The number of methoxy groups -OCH3 is 1. The first kappa shape index (κ1) is 13.3. The summed E-state index contributed by atoms with van der Waals surface area (Å²) < 4.78 is 10.5. The number of hydrogen-bond donors (Lipinski definition) is 2. The number of hydrogen-bond acceptors (Lipinski definition) is 5. The fraction of sp³-hybridized carbons (Fsp3) is 0.538. The first-order valence-electron chi connectivity index (χ1n) is 6.11. The van der Waals surface area contributed by atoms with Crippen LogP contribution in [-0.4, -0.2) is 44.7 Å². The van der Waals surface area contributed by atoms with Gasteiger partial charge in [-0.05, 0) is 17.7 Å². The quantitative estimate of drug-likeness (QED) is 0.763. The summed E-state index contributed by atoms with van der Waals surface area (Å²) in [6, 6.07) is 7.92. The smallest absolute Gasteiger partial charge is 0.133 e. The Balaban J connectivity index is 2.08. The lowest BCUT2D eigenvalue weighted by atomic mass is 10.1. The molecule has 0 aliphatic carbocycles. The number of nitrogens with two attached hydrogens (primary N) is 1. The molecule has 0 amide bonds. The largest absolute Gasteiger partial charge is 0.378 e. The zero-order valence-electron chi connectivity index (χ0n) is 10.6. The summed E-state index contributed by atoms with van der Waals surface area (Å²) in [6.45, 7) is 3.35. The van der Waals surface area contributed by atoms with E-state index in [1.807, 2.05) is 24.3 Å². The molecule has 18 heavy (non-hydrogen) atoms. The van der Waals surface area contributed by atoms with Crippen LogP contribution in [0.25, 0.3) is 0 Å². The van der Waals surface area contributed by atoms with Crippen LogP contribution in [0.15, 0.2) is 24.3 Å². The van der Waals surface area contributed by atoms with E-state index in [-0.39, 0.29) is 0 Å². The van der Waals surface area contributed by atoms with Crippen LogP contribution in [-0.2, 0) is 9.47 Å². The second-order valence-corrected chi connectivity index (χ2v) is 4.34. The highest BCUT2D eigenvalue weighted by molar-refractivity contribution is 5.48. The van der Waals surface area contributed by atoms with E-state index in [0.29, 0.717) is 0 Å². The van der Waals surface area contributed by atoms with Crippen LogP contribution >= 0.6 is 0 Å². The van der Waals surface area contributed by atoms with Gasteiger partial charge >= 0.3 is 0 Å². The molecule has 3 N–H and O–H groups in total. The minimum atomic E-state index is -1.01. The zero-order chi connectivity index (χ0) is 13.0. The maximum absolute atomic E-state index is 9.41. The van der Waals surface area contributed by atoms with Crippen molar-refractivity contribution in [3.63, 3.8) is 0 Å². The topological polar surface area (TPSA) is 68.0 Å². The van der Waals surface area contributed by atoms with Crippen LogP contribution < -0.4 is 10.6 Å². The van der Waals surface area contributed by atoms with E-state index in [2.05, 4.69) is 4.90 Å². The number of aliphatic hydroxyl groups excluding tert-OH is 1. The van der Waals surface area contributed by atoms with E-state index in [1.54, 1.807) is 0 Å². The van der Waals surface area contributed by atoms with Gasteiger partial charge in [-0.1, -0.05) is 12.1 Å². The third-order valence-corrected chi connectivity index (χ3v) is 3.16. The van der Waals surface area contributed by atoms with Crippen LogP contribution in [0.5, 0.6) is 0 Å². The summed E-state index contributed by atoms with van der Waals surface area (Å²) >= 11 is 0. The highest BCUT2D eigenvalue weighted by Gasteiger charge is 2.17. The summed E-state index contributed by atoms with van der Waals surface area (Å²) in [4.78, 5) is 2.27. The minimum Gasteiger partial charge on any atom is -0.378 e. The second kappa shape index (κ2) is 6.15. The van der Waals surface area contributed by atoms with E-state index in [4.69, 9.17) is 15.2 Å². The lowest BCUT2D eigenvalue weighted by Gasteiger charge is -2.29. The van der Waals surface area contributed by atoms with Crippen LogP contribution in [0, 0.1) is 0 Å². The van der Waals surface area contributed by atoms with E-state index < -0.39 is 12.3 Å². The number of morpholine rings is 1. The van der Waals surface area contributed by atoms with E-state index in [9.17, 15) is 5.11 Å². The van der Waals surface area contributed by atoms with Gasteiger partial charge in [0, 0.05) is 25.9 Å². The predicted molar refractivity (Wildman–Crippen MR) is 69.4 cm³/mol. The lowest BCUT2D eigenvalue weighted by Crippen LogP contribution is -2.36. The number of benzene rings is 1. The summed E-state index contributed by atoms with van der Waals surface area (Å²) in [6.07, 6.45) is -1.49. The Kier molecular flexibility index (Phi) is 4.54. The molecule has 0 bridgehead atoms. The average Bonchev–Trinajstić information content (AvgIpc) is 2.41. The van der Waals surface area contributed by atoms with E-state index in [0.717, 1.165) is 37.6 Å². The summed E-state index contributed by atoms with van der Waals surface area (Å²) in [5.41, 5.74) is 7.50. The molecular weight excluding hydrogens is 232 g/mol. The van der Waals surface area contributed by atoms with Gasteiger partial charge in [-0.15, -0.1) is 0 Å². The molecule has 1 fully saturated rings. The van der Waals surface area contributed by atoms with Gasteiger partial charge in [-0.3, -0.25) is 0 Å². The van der Waals surface area contributed by atoms with Gasteiger partial charge in [0.05, 0.1) is 13.2 Å². The molecule has 5 heteroatoms. The molecule has 0 spiro atoms. The molecule has 100 valence electrons. The molecule has 2 unspecified atom stereocenters. The molecule has 1 saturated heterocycles. The highest BCUT2D eigenvalue weighted by atomic mass is 16.5. The number of rotatable bonds is 4. The van der Waals surface area contributed by atoms with Crippen molar-refractivity contribution in [3.8, 4) is 0 Å². The molecule has 1 heterocycles. The number of aliphatic hydroxyl groups is 1. The van der Waals surface area contributed by atoms with E-state index in [1.165, 1.54) is 7.11 Å². The molecule has 0 saturated carbocycles. The average molecular weight is 252 g/mol. The molecule has 1 aliphatic rings. The summed E-state index contributed by atoms with van der Waals surface area (Å²) in [7, 11) is 1.54. The summed E-state index contributed by atoms with van der Waals surface area (Å²) in [5, 5.41) is 9.41. The molecule has 1 aromatic carbocycles. The standard InChI is InChI=1S/C13H20N2O3/c1-17-12(13(14)16)10-2-4-11(5-3-10)15-6-8-18-9-7-15/h2-5,12-13,16H,6-9,14H2,1H3. The SMILES string of the molecule is COC(c1ccc(N2CCOCC2)cc1)C(N)O. The van der Waals surface area contributed by atoms with Crippen molar-refractivity contribution in [2.75, 3.05) is 38.3 Å². The maximum Gasteiger partial charge on any atom is 0.133 e. The number of nitrogens with zero attached hydrogens (tertiary/aromatic N) is 1. The minimum absolute atomic E-state index is 0.483. The van der Waals surface area contributed by atoms with Crippen molar-refractivity contribution in [3.05, 3.63) is 29.8 Å². The van der Waals surface area contributed by atoms with Crippen molar-refractivity contribution in [2.24, 2.45) is 5.73 Å². The van der Waals surface area contributed by atoms with Crippen molar-refractivity contribution in [1.82, 2.24) is 0 Å². The Hall–Kier alpha value is -1.14. The van der Waals surface area contributed by atoms with Gasteiger partial charge < -0.3 is 25.2 Å². The van der Waals surface area contributed by atoms with Crippen LogP contribution in [0.4, 0.5) is 5.69 Å². The van der Waals surface area contributed by atoms with Crippen molar-refractivity contribution in [1.29, 1.82) is 0 Å². The Morgan fingerprint density at radius 1 is 1.28 bits per heavy atom. The van der Waals surface area contributed by atoms with Crippen LogP contribution in [0.1, 0.15) is 11.7 Å². The Bertz CT molecular complexity index is 361. The second-order valence-electron chi connectivity index (χ2n) is 4.34. The zero-order valence-corrected chi connectivity index (χ0v) is 10.6. The fourth-order valence-corrected chi connectivity index (χ4v) is 2.17. The van der Waals surface area contributed by atoms with Gasteiger partial charge in [-0.25, -0.2) is 0 Å². The molecule has 1 aromatic rings. The molecule has 2 atom stereocenters. The van der Waals surface area contributed by atoms with Gasteiger partial charge in [0.25, 0.3) is 0 Å². The molecule has 0 radical (unpaired) electrons. The monoisotopic (exact) mass is 252 g/mol. The van der Waals surface area contributed by atoms with Gasteiger partial charge in [-0.2, -0.15) is 0 Å². The molecular formula is C13H20N2O3. The van der Waals surface area contributed by atoms with Gasteiger partial charge in [0.1, 0.15) is 12.3 Å². The molecule has 2 rings (SSSR count). The van der Waals surface area contributed by atoms with Gasteiger partial charge in [0.2, 0.25) is 0 Å². The van der Waals surface area contributed by atoms with Crippen molar-refractivity contribution in [2.45, 2.75) is 12.3 Å². The third kappa shape index (κ3) is 3.00. The maximum atomic E-state index is 9.41. The first-order chi connectivity index (χ1) is 8.72. The fourth-order valence-electron chi connectivity index (χ4n) is 2.17. The predicted octanol–water partition coefficient (Wildman–Crippen LogP) is 0.488. The molecule has 1 aliphatic heterocycles. The number of anilines is 1. The van der Waals surface area contributed by atoms with E-state index >= 15 is 0 Å². The normalized spacial score (nSPS) is 19.6. The number of ether oxygens (including phenoxy) is 2. The Labute approximate surface area is 107 Å². The molecule has 0 aromatic heterocycles. The first-order valence-corrected chi connectivity index (χ1v) is 6.11. The lowest BCUT2D eigenvalue weighted by molar-refractivity contribution is -0.00980. The molecule has 5 nitrogen and oxygen atoms in total. The van der Waals surface area contributed by atoms with Crippen molar-refractivity contribution >= 4 is 5.69 Å². The van der Waals surface area contributed by atoms with Crippen LogP contribution in [0.2, 0.25) is 0 Å². The Morgan fingerprint density at radius 2 is 1.89 bits per heavy atom. The summed E-state index contributed by atoms with van der Waals surface area (Å²) in [5.74, 6) is 0. The Morgan fingerprint density at radius 3 is 2.39 bits per heavy atom. The van der Waals surface area contributed by atoms with Crippen LogP contribution in [0.3, 0.4) is 0 Å².